The fourth-order valence-corrected chi connectivity index (χ4v) is 5.77. The summed E-state index contributed by atoms with van der Waals surface area (Å²) in [5.74, 6) is 0. The van der Waals surface area contributed by atoms with Crippen molar-refractivity contribution in [1.29, 1.82) is 0 Å². The number of rotatable bonds is 1. The van der Waals surface area contributed by atoms with E-state index in [4.69, 9.17) is 4.52 Å². The summed E-state index contributed by atoms with van der Waals surface area (Å²) in [7, 11) is -3.51. The van der Waals surface area contributed by atoms with E-state index >= 15 is 0 Å². The topological polar surface area (TPSA) is 46.5 Å². The predicted molar refractivity (Wildman–Crippen MR) is 104 cm³/mol. The molecule has 0 bridgehead atoms. The molecule has 0 amide bonds. The van der Waals surface area contributed by atoms with Crippen LogP contribution < -0.4 is 0 Å². The smallest absolute Gasteiger partial charge is 0.324 e. The third-order valence-corrected chi connectivity index (χ3v) is 7.42. The number of thiophene rings is 1. The third kappa shape index (κ3) is 3.45. The molecule has 0 saturated heterocycles. The lowest BCUT2D eigenvalue weighted by molar-refractivity contribution is 0.250. The minimum Gasteiger partial charge on any atom is -0.324 e. The van der Waals surface area contributed by atoms with E-state index in [1.807, 2.05) is 0 Å². The molecule has 1 aliphatic rings. The second-order valence-electron chi connectivity index (χ2n) is 6.66. The van der Waals surface area contributed by atoms with Crippen LogP contribution >= 0.6 is 18.9 Å². The zero-order valence-electron chi connectivity index (χ0n) is 14.2. The van der Waals surface area contributed by atoms with Crippen LogP contribution in [0, 0.1) is 6.92 Å². The molecule has 1 aliphatic heterocycles. The summed E-state index contributed by atoms with van der Waals surface area (Å²) in [6.07, 6.45) is 2.80. The van der Waals surface area contributed by atoms with Gasteiger partial charge in [0.1, 0.15) is 0 Å². The molecule has 0 aliphatic carbocycles. The highest BCUT2D eigenvalue weighted by Crippen LogP contribution is 2.48. The Morgan fingerprint density at radius 1 is 1.12 bits per heavy atom. The van der Waals surface area contributed by atoms with Crippen molar-refractivity contribution in [3.63, 3.8) is 0 Å². The van der Waals surface area contributed by atoms with Crippen molar-refractivity contribution in [2.75, 3.05) is 6.16 Å². The molecule has 0 spiro atoms. The zero-order valence-corrected chi connectivity index (χ0v) is 15.9. The summed E-state index contributed by atoms with van der Waals surface area (Å²) in [4.78, 5) is 11.2. The van der Waals surface area contributed by atoms with Crippen LogP contribution in [0.4, 0.5) is 0 Å². The zero-order chi connectivity index (χ0) is 17.4. The van der Waals surface area contributed by atoms with Crippen molar-refractivity contribution in [1.82, 2.24) is 0 Å². The van der Waals surface area contributed by atoms with Crippen LogP contribution in [0.5, 0.6) is 0 Å². The standard InChI is InChI=1S/C20H21O3PS/c1-14-8-10-16(11-9-14)20-17-13-23-24(21,22)12-3-2-5-15-6-4-7-18(25-20)19(15)17/h4,6-11H,2-3,5,12-13H2,1H3,(H,21,22). The molecule has 1 N–H and O–H groups in total. The molecule has 2 heterocycles. The van der Waals surface area contributed by atoms with E-state index in [0.717, 1.165) is 28.8 Å². The summed E-state index contributed by atoms with van der Waals surface area (Å²) in [5, 5.41) is 1.21. The third-order valence-electron chi connectivity index (χ3n) is 4.76. The van der Waals surface area contributed by atoms with Gasteiger partial charge in [-0.3, -0.25) is 4.57 Å². The van der Waals surface area contributed by atoms with Gasteiger partial charge in [0.25, 0.3) is 0 Å². The first-order valence-corrected chi connectivity index (χ1v) is 11.2. The largest absolute Gasteiger partial charge is 0.328 e. The SMILES string of the molecule is Cc1ccc(-c2sc3cccc4c3c2COP(=O)(O)CCCC4)cc1. The fraction of sp³-hybridized carbons (Fsp3) is 0.300. The normalized spacial score (nSPS) is 21.4. The lowest BCUT2D eigenvalue weighted by Gasteiger charge is -2.16. The lowest BCUT2D eigenvalue weighted by atomic mass is 9.99. The van der Waals surface area contributed by atoms with Gasteiger partial charge in [0.2, 0.25) is 0 Å². The molecule has 130 valence electrons. The number of hydrogen-bond acceptors (Lipinski definition) is 3. The maximum Gasteiger partial charge on any atom is 0.328 e. The van der Waals surface area contributed by atoms with Gasteiger partial charge in [0.15, 0.2) is 0 Å². The number of hydrogen-bond donors (Lipinski definition) is 1. The van der Waals surface area contributed by atoms with Gasteiger partial charge in [0, 0.05) is 20.5 Å². The van der Waals surface area contributed by atoms with Crippen LogP contribution in [0.1, 0.15) is 29.5 Å². The quantitative estimate of drug-likeness (QED) is 0.540. The Hall–Kier alpha value is -1.45. The van der Waals surface area contributed by atoms with Gasteiger partial charge >= 0.3 is 7.60 Å². The average molecular weight is 372 g/mol. The van der Waals surface area contributed by atoms with E-state index < -0.39 is 7.60 Å². The summed E-state index contributed by atoms with van der Waals surface area (Å²) in [6.45, 7) is 2.26. The van der Waals surface area contributed by atoms with Gasteiger partial charge in [0.05, 0.1) is 12.8 Å². The highest BCUT2D eigenvalue weighted by atomic mass is 32.1. The highest BCUT2D eigenvalue weighted by Gasteiger charge is 2.24. The maximum absolute atomic E-state index is 12.3. The van der Waals surface area contributed by atoms with Gasteiger partial charge in [-0.05, 0) is 43.4 Å². The molecule has 2 aromatic carbocycles. The van der Waals surface area contributed by atoms with E-state index in [2.05, 4.69) is 49.4 Å². The molecule has 0 radical (unpaired) electrons. The van der Waals surface area contributed by atoms with Crippen molar-refractivity contribution >= 4 is 29.0 Å². The lowest BCUT2D eigenvalue weighted by Crippen LogP contribution is -2.01. The van der Waals surface area contributed by atoms with E-state index in [0.29, 0.717) is 6.42 Å². The summed E-state index contributed by atoms with van der Waals surface area (Å²) in [5.41, 5.74) is 4.73. The first kappa shape index (κ1) is 17.0. The Labute approximate surface area is 151 Å². The summed E-state index contributed by atoms with van der Waals surface area (Å²) < 4.78 is 19.0. The molecule has 0 fully saturated rings. The molecule has 3 nitrogen and oxygen atoms in total. The van der Waals surface area contributed by atoms with E-state index in [-0.39, 0.29) is 12.8 Å². The number of benzene rings is 2. The van der Waals surface area contributed by atoms with E-state index in [9.17, 15) is 9.46 Å². The van der Waals surface area contributed by atoms with Gasteiger partial charge in [-0.2, -0.15) is 0 Å². The van der Waals surface area contributed by atoms with Crippen LogP contribution in [-0.4, -0.2) is 11.1 Å². The van der Waals surface area contributed by atoms with Gasteiger partial charge < -0.3 is 9.42 Å². The predicted octanol–water partition coefficient (Wildman–Crippen LogP) is 5.92. The van der Waals surface area contributed by atoms with Gasteiger partial charge in [-0.15, -0.1) is 11.3 Å². The Morgan fingerprint density at radius 2 is 1.92 bits per heavy atom. The number of aryl methyl sites for hydroxylation is 2. The Balaban J connectivity index is 1.92. The molecule has 0 saturated carbocycles. The van der Waals surface area contributed by atoms with Crippen LogP contribution in [0.25, 0.3) is 20.5 Å². The second-order valence-corrected chi connectivity index (χ2v) is 9.69. The average Bonchev–Trinajstić information content (AvgIpc) is 2.97. The summed E-state index contributed by atoms with van der Waals surface area (Å²) >= 11 is 1.74. The molecule has 1 atom stereocenters. The van der Waals surface area contributed by atoms with Crippen molar-refractivity contribution in [3.05, 3.63) is 59.2 Å². The molecule has 25 heavy (non-hydrogen) atoms. The van der Waals surface area contributed by atoms with Gasteiger partial charge in [-0.25, -0.2) is 0 Å². The minimum absolute atomic E-state index is 0.188. The van der Waals surface area contributed by atoms with E-state index in [1.54, 1.807) is 11.3 Å². The molecule has 1 aromatic heterocycles. The van der Waals surface area contributed by atoms with Crippen molar-refractivity contribution in [2.45, 2.75) is 32.8 Å². The minimum atomic E-state index is -3.51. The highest BCUT2D eigenvalue weighted by molar-refractivity contribution is 7.52. The van der Waals surface area contributed by atoms with Gasteiger partial charge in [-0.1, -0.05) is 42.0 Å². The Kier molecular flexibility index (Phi) is 4.55. The van der Waals surface area contributed by atoms with E-state index in [1.165, 1.54) is 21.2 Å². The van der Waals surface area contributed by atoms with Crippen LogP contribution in [0.2, 0.25) is 0 Å². The molecule has 3 aromatic rings. The molecule has 5 heteroatoms. The Bertz CT molecular complexity index is 959. The van der Waals surface area contributed by atoms with Crippen LogP contribution in [0.15, 0.2) is 42.5 Å². The monoisotopic (exact) mass is 372 g/mol. The first-order chi connectivity index (χ1) is 12.0. The van der Waals surface area contributed by atoms with Crippen LogP contribution in [0.3, 0.4) is 0 Å². The van der Waals surface area contributed by atoms with Crippen LogP contribution in [-0.2, 0) is 22.1 Å². The maximum atomic E-state index is 12.3. The fourth-order valence-electron chi connectivity index (χ4n) is 3.43. The summed E-state index contributed by atoms with van der Waals surface area (Å²) in [6, 6.07) is 14.9. The molecule has 1 unspecified atom stereocenters. The molecular weight excluding hydrogens is 351 g/mol. The Morgan fingerprint density at radius 3 is 2.72 bits per heavy atom. The van der Waals surface area contributed by atoms with Crippen molar-refractivity contribution in [2.24, 2.45) is 0 Å². The molecular formula is C20H21O3PS. The molecule has 4 rings (SSSR count). The second kappa shape index (κ2) is 6.69. The van der Waals surface area contributed by atoms with Crippen molar-refractivity contribution < 1.29 is 14.0 Å². The van der Waals surface area contributed by atoms with Crippen molar-refractivity contribution in [3.8, 4) is 10.4 Å². The first-order valence-electron chi connectivity index (χ1n) is 8.60.